The molecule has 110 valence electrons. The van der Waals surface area contributed by atoms with Gasteiger partial charge < -0.3 is 10.1 Å². The van der Waals surface area contributed by atoms with Gasteiger partial charge in [0.05, 0.1) is 6.04 Å². The molecular formula is C18H21NO2. The maximum atomic E-state index is 12.0. The highest BCUT2D eigenvalue weighted by molar-refractivity contribution is 5.78. The molecule has 2 aromatic rings. The number of carbonyl (C=O) groups excluding carboxylic acids is 1. The Hall–Kier alpha value is -2.29. The van der Waals surface area contributed by atoms with Crippen LogP contribution in [0.1, 0.15) is 29.7 Å². The van der Waals surface area contributed by atoms with Gasteiger partial charge >= 0.3 is 0 Å². The Morgan fingerprint density at radius 3 is 2.57 bits per heavy atom. The van der Waals surface area contributed by atoms with Crippen LogP contribution in [-0.4, -0.2) is 12.5 Å². The first-order valence-corrected chi connectivity index (χ1v) is 7.10. The maximum Gasteiger partial charge on any atom is 0.258 e. The zero-order chi connectivity index (χ0) is 15.2. The summed E-state index contributed by atoms with van der Waals surface area (Å²) in [6.07, 6.45) is 0. The predicted molar refractivity (Wildman–Crippen MR) is 84.4 cm³/mol. The summed E-state index contributed by atoms with van der Waals surface area (Å²) >= 11 is 0. The summed E-state index contributed by atoms with van der Waals surface area (Å²) in [6, 6.07) is 15.8. The first-order chi connectivity index (χ1) is 10.1. The van der Waals surface area contributed by atoms with Gasteiger partial charge in [-0.2, -0.15) is 0 Å². The summed E-state index contributed by atoms with van der Waals surface area (Å²) in [5.74, 6) is 0.643. The van der Waals surface area contributed by atoms with Gasteiger partial charge in [0.1, 0.15) is 5.75 Å². The predicted octanol–water partition coefficient (Wildman–Crippen LogP) is 3.56. The minimum atomic E-state index is -0.118. The first kappa shape index (κ1) is 15.1. The van der Waals surface area contributed by atoms with Gasteiger partial charge in [-0.15, -0.1) is 0 Å². The Balaban J connectivity index is 1.89. The second-order valence-electron chi connectivity index (χ2n) is 5.26. The van der Waals surface area contributed by atoms with E-state index in [4.69, 9.17) is 4.74 Å². The number of ether oxygens (including phenoxy) is 1. The highest BCUT2D eigenvalue weighted by Gasteiger charge is 2.10. The van der Waals surface area contributed by atoms with Crippen molar-refractivity contribution in [1.82, 2.24) is 5.32 Å². The Morgan fingerprint density at radius 2 is 1.86 bits per heavy atom. The van der Waals surface area contributed by atoms with Crippen LogP contribution in [0.5, 0.6) is 5.75 Å². The molecule has 0 fully saturated rings. The van der Waals surface area contributed by atoms with Crippen molar-refractivity contribution in [2.45, 2.75) is 26.8 Å². The van der Waals surface area contributed by atoms with Crippen LogP contribution in [0.25, 0.3) is 0 Å². The van der Waals surface area contributed by atoms with E-state index in [0.717, 1.165) is 22.4 Å². The molecule has 1 N–H and O–H groups in total. The van der Waals surface area contributed by atoms with Gasteiger partial charge in [-0.25, -0.2) is 0 Å². The molecule has 3 heteroatoms. The summed E-state index contributed by atoms with van der Waals surface area (Å²) in [6.45, 7) is 5.97. The van der Waals surface area contributed by atoms with Crippen LogP contribution >= 0.6 is 0 Å². The van der Waals surface area contributed by atoms with Crippen molar-refractivity contribution in [3.05, 3.63) is 65.2 Å². The van der Waals surface area contributed by atoms with Crippen LogP contribution in [0.4, 0.5) is 0 Å². The Bertz CT molecular complexity index is 608. The van der Waals surface area contributed by atoms with E-state index in [9.17, 15) is 4.79 Å². The number of hydrogen-bond acceptors (Lipinski definition) is 2. The number of carbonyl (C=O) groups is 1. The molecule has 0 bridgehead atoms. The highest BCUT2D eigenvalue weighted by atomic mass is 16.5. The summed E-state index contributed by atoms with van der Waals surface area (Å²) in [7, 11) is 0. The lowest BCUT2D eigenvalue weighted by Gasteiger charge is -2.15. The minimum Gasteiger partial charge on any atom is -0.483 e. The molecule has 2 rings (SSSR count). The molecule has 0 radical (unpaired) electrons. The molecule has 0 heterocycles. The van der Waals surface area contributed by atoms with E-state index < -0.39 is 0 Å². The van der Waals surface area contributed by atoms with Crippen LogP contribution in [0, 0.1) is 13.8 Å². The Morgan fingerprint density at radius 1 is 1.14 bits per heavy atom. The van der Waals surface area contributed by atoms with E-state index in [1.54, 1.807) is 0 Å². The third-order valence-corrected chi connectivity index (χ3v) is 3.38. The first-order valence-electron chi connectivity index (χ1n) is 7.10. The van der Waals surface area contributed by atoms with Gasteiger partial charge in [0, 0.05) is 0 Å². The summed E-state index contributed by atoms with van der Waals surface area (Å²) in [5, 5.41) is 2.94. The molecule has 0 aliphatic heterocycles. The highest BCUT2D eigenvalue weighted by Crippen LogP contribution is 2.19. The van der Waals surface area contributed by atoms with Gasteiger partial charge in [-0.1, -0.05) is 42.5 Å². The van der Waals surface area contributed by atoms with Crippen molar-refractivity contribution in [2.24, 2.45) is 0 Å². The molecule has 0 aliphatic rings. The molecule has 1 atom stereocenters. The zero-order valence-electron chi connectivity index (χ0n) is 12.7. The lowest BCUT2D eigenvalue weighted by atomic mass is 10.1. The zero-order valence-corrected chi connectivity index (χ0v) is 12.7. The molecule has 21 heavy (non-hydrogen) atoms. The van der Waals surface area contributed by atoms with Gasteiger partial charge in [0.2, 0.25) is 0 Å². The number of aryl methyl sites for hydroxylation is 2. The molecule has 0 aliphatic carbocycles. The lowest BCUT2D eigenvalue weighted by molar-refractivity contribution is -0.123. The van der Waals surface area contributed by atoms with E-state index in [0.29, 0.717) is 0 Å². The summed E-state index contributed by atoms with van der Waals surface area (Å²) in [5.41, 5.74) is 3.23. The van der Waals surface area contributed by atoms with Crippen molar-refractivity contribution in [3.8, 4) is 5.75 Å². The second kappa shape index (κ2) is 6.93. The van der Waals surface area contributed by atoms with Crippen LogP contribution < -0.4 is 10.1 Å². The largest absolute Gasteiger partial charge is 0.483 e. The molecule has 0 spiro atoms. The van der Waals surface area contributed by atoms with E-state index in [2.05, 4.69) is 5.32 Å². The number of amides is 1. The quantitative estimate of drug-likeness (QED) is 0.911. The van der Waals surface area contributed by atoms with Gasteiger partial charge in [-0.05, 0) is 43.5 Å². The average molecular weight is 283 g/mol. The van der Waals surface area contributed by atoms with E-state index in [1.807, 2.05) is 69.3 Å². The van der Waals surface area contributed by atoms with Crippen molar-refractivity contribution >= 4 is 5.91 Å². The smallest absolute Gasteiger partial charge is 0.258 e. The van der Waals surface area contributed by atoms with Crippen molar-refractivity contribution in [3.63, 3.8) is 0 Å². The number of rotatable bonds is 5. The fourth-order valence-electron chi connectivity index (χ4n) is 2.11. The summed E-state index contributed by atoms with van der Waals surface area (Å²) < 4.78 is 5.60. The molecular weight excluding hydrogens is 262 g/mol. The van der Waals surface area contributed by atoms with E-state index >= 15 is 0 Å². The molecule has 0 aromatic heterocycles. The molecule has 3 nitrogen and oxygen atoms in total. The van der Waals surface area contributed by atoms with Crippen LogP contribution in [0.3, 0.4) is 0 Å². The number of hydrogen-bond donors (Lipinski definition) is 1. The standard InChI is InChI=1S/C18H21NO2/c1-13-9-10-14(2)17(11-13)21-12-18(20)19-15(3)16-7-5-4-6-8-16/h4-11,15H,12H2,1-3H3,(H,19,20)/t15-/m0/s1. The minimum absolute atomic E-state index is 0.0269. The summed E-state index contributed by atoms with van der Waals surface area (Å²) in [4.78, 5) is 12.0. The molecule has 1 amide bonds. The molecule has 2 aromatic carbocycles. The SMILES string of the molecule is Cc1ccc(C)c(OCC(=O)N[C@@H](C)c2ccccc2)c1. The van der Waals surface area contributed by atoms with Crippen molar-refractivity contribution < 1.29 is 9.53 Å². The van der Waals surface area contributed by atoms with E-state index in [1.165, 1.54) is 0 Å². The maximum absolute atomic E-state index is 12.0. The normalized spacial score (nSPS) is 11.8. The third-order valence-electron chi connectivity index (χ3n) is 3.38. The number of benzene rings is 2. The van der Waals surface area contributed by atoms with Crippen LogP contribution in [-0.2, 0) is 4.79 Å². The Labute approximate surface area is 126 Å². The van der Waals surface area contributed by atoms with Crippen molar-refractivity contribution in [1.29, 1.82) is 0 Å². The molecule has 0 unspecified atom stereocenters. The van der Waals surface area contributed by atoms with Crippen LogP contribution in [0.2, 0.25) is 0 Å². The van der Waals surface area contributed by atoms with Gasteiger partial charge in [-0.3, -0.25) is 4.79 Å². The Kier molecular flexibility index (Phi) is 4.99. The average Bonchev–Trinajstić information content (AvgIpc) is 2.49. The van der Waals surface area contributed by atoms with Gasteiger partial charge in [0.25, 0.3) is 5.91 Å². The third kappa shape index (κ3) is 4.35. The fourth-order valence-corrected chi connectivity index (χ4v) is 2.11. The lowest BCUT2D eigenvalue weighted by Crippen LogP contribution is -2.31. The topological polar surface area (TPSA) is 38.3 Å². The molecule has 0 saturated heterocycles. The van der Waals surface area contributed by atoms with Crippen LogP contribution in [0.15, 0.2) is 48.5 Å². The van der Waals surface area contributed by atoms with Gasteiger partial charge in [0.15, 0.2) is 6.61 Å². The van der Waals surface area contributed by atoms with Crippen molar-refractivity contribution in [2.75, 3.05) is 6.61 Å². The monoisotopic (exact) mass is 283 g/mol. The van der Waals surface area contributed by atoms with E-state index in [-0.39, 0.29) is 18.6 Å². The number of nitrogens with one attached hydrogen (secondary N) is 1. The second-order valence-corrected chi connectivity index (χ2v) is 5.26. The fraction of sp³-hybridized carbons (Fsp3) is 0.278. The molecule has 0 saturated carbocycles.